The van der Waals surface area contributed by atoms with E-state index in [-0.39, 0.29) is 5.82 Å². The number of benzene rings is 1. The minimum Gasteiger partial charge on any atom is -0.325 e. The van der Waals surface area contributed by atoms with E-state index in [1.165, 1.54) is 12.1 Å². The molecule has 0 saturated heterocycles. The average Bonchev–Trinajstić information content (AvgIpc) is 3.04. The van der Waals surface area contributed by atoms with Gasteiger partial charge < -0.3 is 4.57 Å². The third kappa shape index (κ3) is 3.07. The van der Waals surface area contributed by atoms with Gasteiger partial charge in [-0.3, -0.25) is 9.80 Å². The SMILES string of the molecule is Cc1nc2c(s1)c(/C=N\N(C)Cc1ccc(F)cc1)c(C=O)n2C. The van der Waals surface area contributed by atoms with Gasteiger partial charge in [0.2, 0.25) is 0 Å². The maximum Gasteiger partial charge on any atom is 0.167 e. The number of fused-ring (bicyclic) bond motifs is 1. The number of nitrogens with zero attached hydrogens (tertiary/aromatic N) is 4. The number of hydrogen-bond acceptors (Lipinski definition) is 5. The van der Waals surface area contributed by atoms with Gasteiger partial charge in [0, 0.05) is 19.7 Å². The molecule has 0 spiro atoms. The standard InChI is InChI=1S/C17H17FN4OS/c1-11-20-17-16(24-11)14(15(10-23)22(17)3)8-19-21(2)9-12-4-6-13(18)7-5-12/h4-8,10H,9H2,1-3H3/b19-8-. The van der Waals surface area contributed by atoms with Crippen molar-refractivity contribution in [2.45, 2.75) is 13.5 Å². The molecule has 2 heterocycles. The molecule has 0 amide bonds. The Bertz CT molecular complexity index is 911. The van der Waals surface area contributed by atoms with E-state index < -0.39 is 0 Å². The zero-order valence-corrected chi connectivity index (χ0v) is 14.5. The van der Waals surface area contributed by atoms with Crippen molar-refractivity contribution in [3.05, 3.63) is 51.9 Å². The van der Waals surface area contributed by atoms with Crippen LogP contribution in [-0.2, 0) is 13.6 Å². The van der Waals surface area contributed by atoms with Gasteiger partial charge in [-0.15, -0.1) is 11.3 Å². The predicted octanol–water partition coefficient (Wildman–Crippen LogP) is 3.36. The van der Waals surface area contributed by atoms with Crippen LogP contribution in [0.5, 0.6) is 0 Å². The van der Waals surface area contributed by atoms with Crippen LogP contribution in [0.3, 0.4) is 0 Å². The number of thiazole rings is 1. The summed E-state index contributed by atoms with van der Waals surface area (Å²) in [5.74, 6) is -0.257. The fourth-order valence-electron chi connectivity index (χ4n) is 2.55. The molecule has 0 aliphatic heterocycles. The molecule has 24 heavy (non-hydrogen) atoms. The van der Waals surface area contributed by atoms with Crippen molar-refractivity contribution in [3.8, 4) is 0 Å². The molecule has 3 rings (SSSR count). The number of aryl methyl sites for hydroxylation is 2. The topological polar surface area (TPSA) is 50.5 Å². The molecule has 124 valence electrons. The number of rotatable bonds is 5. The highest BCUT2D eigenvalue weighted by molar-refractivity contribution is 7.18. The Morgan fingerprint density at radius 3 is 2.75 bits per heavy atom. The molecule has 2 aromatic heterocycles. The van der Waals surface area contributed by atoms with Gasteiger partial charge in [-0.1, -0.05) is 12.1 Å². The molecule has 0 bridgehead atoms. The Kier molecular flexibility index (Phi) is 4.44. The van der Waals surface area contributed by atoms with Gasteiger partial charge in [-0.25, -0.2) is 9.37 Å². The fraction of sp³-hybridized carbons (Fsp3) is 0.235. The number of hydrogen-bond donors (Lipinski definition) is 0. The molecule has 0 saturated carbocycles. The van der Waals surface area contributed by atoms with Crippen molar-refractivity contribution >= 4 is 34.2 Å². The number of halogens is 1. The fourth-order valence-corrected chi connectivity index (χ4v) is 3.52. The summed E-state index contributed by atoms with van der Waals surface area (Å²) in [5, 5.41) is 7.11. The van der Waals surface area contributed by atoms with Gasteiger partial charge in [-0.05, 0) is 24.6 Å². The number of carbonyl (C=O) groups is 1. The molecule has 0 N–H and O–H groups in total. The highest BCUT2D eigenvalue weighted by Crippen LogP contribution is 2.28. The van der Waals surface area contributed by atoms with Gasteiger partial charge >= 0.3 is 0 Å². The van der Waals surface area contributed by atoms with Crippen LogP contribution in [0.15, 0.2) is 29.4 Å². The Hall–Kier alpha value is -2.54. The van der Waals surface area contributed by atoms with Crippen molar-refractivity contribution < 1.29 is 9.18 Å². The summed E-state index contributed by atoms with van der Waals surface area (Å²) in [4.78, 5) is 15.9. The number of hydrazone groups is 1. The molecule has 0 aliphatic rings. The van der Waals surface area contributed by atoms with Gasteiger partial charge in [0.1, 0.15) is 5.82 Å². The maximum atomic E-state index is 12.9. The normalized spacial score (nSPS) is 11.5. The third-order valence-corrected chi connectivity index (χ3v) is 4.73. The summed E-state index contributed by atoms with van der Waals surface area (Å²) < 4.78 is 15.7. The van der Waals surface area contributed by atoms with Crippen LogP contribution >= 0.6 is 11.3 Å². The van der Waals surface area contributed by atoms with Crippen LogP contribution in [0.2, 0.25) is 0 Å². The zero-order valence-electron chi connectivity index (χ0n) is 13.7. The first-order valence-corrected chi connectivity index (χ1v) is 8.21. The van der Waals surface area contributed by atoms with Crippen molar-refractivity contribution in [2.75, 3.05) is 7.05 Å². The van der Waals surface area contributed by atoms with Crippen molar-refractivity contribution in [1.82, 2.24) is 14.6 Å². The summed E-state index contributed by atoms with van der Waals surface area (Å²) in [6, 6.07) is 6.31. The Balaban J connectivity index is 1.86. The van der Waals surface area contributed by atoms with E-state index in [9.17, 15) is 9.18 Å². The minimum absolute atomic E-state index is 0.257. The van der Waals surface area contributed by atoms with Crippen molar-refractivity contribution in [1.29, 1.82) is 0 Å². The second kappa shape index (κ2) is 6.52. The van der Waals surface area contributed by atoms with Gasteiger partial charge in [-0.2, -0.15) is 5.10 Å². The number of aromatic nitrogens is 2. The van der Waals surface area contributed by atoms with E-state index in [2.05, 4.69) is 10.1 Å². The van der Waals surface area contributed by atoms with E-state index in [4.69, 9.17) is 0 Å². The van der Waals surface area contributed by atoms with Crippen LogP contribution in [0, 0.1) is 12.7 Å². The summed E-state index contributed by atoms with van der Waals surface area (Å²) >= 11 is 1.54. The molecule has 0 fully saturated rings. The summed E-state index contributed by atoms with van der Waals surface area (Å²) in [6.07, 6.45) is 2.51. The largest absolute Gasteiger partial charge is 0.325 e. The second-order valence-electron chi connectivity index (χ2n) is 5.55. The molecule has 0 unspecified atom stereocenters. The number of carbonyl (C=O) groups excluding carboxylic acids is 1. The first kappa shape index (κ1) is 16.3. The van der Waals surface area contributed by atoms with Crippen LogP contribution in [-0.4, -0.2) is 34.1 Å². The molecule has 5 nitrogen and oxygen atoms in total. The van der Waals surface area contributed by atoms with E-state index in [0.717, 1.165) is 32.8 Å². The van der Waals surface area contributed by atoms with Crippen LogP contribution in [0.25, 0.3) is 10.3 Å². The maximum absolute atomic E-state index is 12.9. The van der Waals surface area contributed by atoms with Gasteiger partial charge in [0.25, 0.3) is 0 Å². The van der Waals surface area contributed by atoms with Crippen LogP contribution < -0.4 is 0 Å². The quantitative estimate of drug-likeness (QED) is 0.405. The Morgan fingerprint density at radius 1 is 1.38 bits per heavy atom. The van der Waals surface area contributed by atoms with Gasteiger partial charge in [0.05, 0.1) is 28.2 Å². The van der Waals surface area contributed by atoms with Crippen molar-refractivity contribution in [3.63, 3.8) is 0 Å². The second-order valence-corrected chi connectivity index (χ2v) is 6.75. The molecular weight excluding hydrogens is 327 g/mol. The van der Waals surface area contributed by atoms with Crippen LogP contribution in [0.4, 0.5) is 4.39 Å². The lowest BCUT2D eigenvalue weighted by Gasteiger charge is -2.12. The van der Waals surface area contributed by atoms with Gasteiger partial charge in [0.15, 0.2) is 11.9 Å². The Morgan fingerprint density at radius 2 is 2.08 bits per heavy atom. The van der Waals surface area contributed by atoms with E-state index in [1.807, 2.05) is 21.0 Å². The van der Waals surface area contributed by atoms with Crippen molar-refractivity contribution in [2.24, 2.45) is 12.1 Å². The van der Waals surface area contributed by atoms with E-state index in [0.29, 0.717) is 12.2 Å². The minimum atomic E-state index is -0.257. The summed E-state index contributed by atoms with van der Waals surface area (Å²) in [7, 11) is 3.66. The predicted molar refractivity (Wildman–Crippen MR) is 94.2 cm³/mol. The molecule has 0 radical (unpaired) electrons. The first-order chi connectivity index (χ1) is 11.5. The Labute approximate surface area is 143 Å². The van der Waals surface area contributed by atoms with E-state index in [1.54, 1.807) is 39.3 Å². The lowest BCUT2D eigenvalue weighted by atomic mass is 10.2. The number of aldehydes is 1. The molecular formula is C17H17FN4OS. The summed E-state index contributed by atoms with van der Waals surface area (Å²) in [5.41, 5.74) is 3.09. The first-order valence-electron chi connectivity index (χ1n) is 7.40. The lowest BCUT2D eigenvalue weighted by molar-refractivity contribution is 0.111. The monoisotopic (exact) mass is 344 g/mol. The third-order valence-electron chi connectivity index (χ3n) is 3.74. The average molecular weight is 344 g/mol. The molecule has 3 aromatic rings. The lowest BCUT2D eigenvalue weighted by Crippen LogP contribution is -2.11. The molecule has 1 aromatic carbocycles. The van der Waals surface area contributed by atoms with Crippen LogP contribution in [0.1, 0.15) is 26.6 Å². The van der Waals surface area contributed by atoms with E-state index >= 15 is 0 Å². The highest BCUT2D eigenvalue weighted by atomic mass is 32.1. The summed E-state index contributed by atoms with van der Waals surface area (Å²) in [6.45, 7) is 2.48. The highest BCUT2D eigenvalue weighted by Gasteiger charge is 2.17. The smallest absolute Gasteiger partial charge is 0.167 e. The zero-order chi connectivity index (χ0) is 17.3. The molecule has 0 atom stereocenters. The molecule has 0 aliphatic carbocycles. The molecule has 7 heteroatoms.